The Morgan fingerprint density at radius 3 is 2.68 bits per heavy atom. The van der Waals surface area contributed by atoms with E-state index >= 15 is 0 Å². The summed E-state index contributed by atoms with van der Waals surface area (Å²) in [5, 5.41) is 5.74. The fourth-order valence-corrected chi connectivity index (χ4v) is 2.70. The van der Waals surface area contributed by atoms with Crippen molar-refractivity contribution in [1.29, 1.82) is 0 Å². The summed E-state index contributed by atoms with van der Waals surface area (Å²) in [6.07, 6.45) is 0. The van der Waals surface area contributed by atoms with Crippen LogP contribution in [0.15, 0.2) is 48.5 Å². The molecule has 3 nitrogen and oxygen atoms in total. The first-order chi connectivity index (χ1) is 9.36. The molecule has 3 rings (SSSR count). The highest BCUT2D eigenvalue weighted by molar-refractivity contribution is 7.11. The lowest BCUT2D eigenvalue weighted by atomic mass is 10.2. The van der Waals surface area contributed by atoms with Crippen LogP contribution in [0.3, 0.4) is 0 Å². The maximum atomic E-state index is 5.15. The second kappa shape index (κ2) is 5.28. The number of hydrogen-bond donors (Lipinski definition) is 1. The van der Waals surface area contributed by atoms with E-state index in [4.69, 9.17) is 4.74 Å². The molecule has 0 atom stereocenters. The van der Waals surface area contributed by atoms with Crippen molar-refractivity contribution in [3.63, 3.8) is 0 Å². The molecule has 0 saturated carbocycles. The van der Waals surface area contributed by atoms with Gasteiger partial charge in [0.25, 0.3) is 0 Å². The Morgan fingerprint density at radius 1 is 1.11 bits per heavy atom. The summed E-state index contributed by atoms with van der Waals surface area (Å²) in [5.74, 6) is 0.881. The molecule has 1 N–H and O–H groups in total. The molecule has 0 amide bonds. The first kappa shape index (κ1) is 12.0. The topological polar surface area (TPSA) is 34.1 Å². The van der Waals surface area contributed by atoms with Crippen molar-refractivity contribution in [3.8, 4) is 5.75 Å². The predicted octanol–water partition coefficient (Wildman–Crippen LogP) is 3.92. The van der Waals surface area contributed by atoms with Gasteiger partial charge in [0.2, 0.25) is 0 Å². The third-order valence-electron chi connectivity index (χ3n) is 3.00. The summed E-state index contributed by atoms with van der Waals surface area (Å²) >= 11 is 1.50. The van der Waals surface area contributed by atoms with E-state index in [1.165, 1.54) is 22.5 Å². The lowest BCUT2D eigenvalue weighted by Gasteiger charge is -2.05. The molecule has 0 spiro atoms. The zero-order valence-corrected chi connectivity index (χ0v) is 11.4. The Morgan fingerprint density at radius 2 is 1.89 bits per heavy atom. The third kappa shape index (κ3) is 2.53. The molecule has 2 aromatic carbocycles. The van der Waals surface area contributed by atoms with Gasteiger partial charge in [-0.15, -0.1) is 0 Å². The highest BCUT2D eigenvalue weighted by atomic mass is 32.1. The molecule has 0 saturated heterocycles. The van der Waals surface area contributed by atoms with E-state index in [1.807, 2.05) is 30.3 Å². The van der Waals surface area contributed by atoms with Gasteiger partial charge in [-0.1, -0.05) is 24.3 Å². The number of rotatable bonds is 4. The summed E-state index contributed by atoms with van der Waals surface area (Å²) in [6, 6.07) is 16.2. The number of benzene rings is 2. The quantitative estimate of drug-likeness (QED) is 0.780. The van der Waals surface area contributed by atoms with E-state index in [0.29, 0.717) is 0 Å². The maximum Gasteiger partial charge on any atom is 0.118 e. The second-order valence-electron chi connectivity index (χ2n) is 4.23. The monoisotopic (exact) mass is 270 g/mol. The molecule has 0 aliphatic rings. The van der Waals surface area contributed by atoms with Crippen LogP contribution in [-0.4, -0.2) is 11.5 Å². The molecular weight excluding hydrogens is 256 g/mol. The Kier molecular flexibility index (Phi) is 3.33. The van der Waals surface area contributed by atoms with Gasteiger partial charge in [0, 0.05) is 11.9 Å². The number of hydrogen-bond acceptors (Lipinski definition) is 4. The van der Waals surface area contributed by atoms with Gasteiger partial charge < -0.3 is 10.1 Å². The van der Waals surface area contributed by atoms with Crippen LogP contribution >= 0.6 is 11.5 Å². The Balaban J connectivity index is 1.74. The van der Waals surface area contributed by atoms with Gasteiger partial charge in [0.05, 0.1) is 12.6 Å². The Bertz CT molecular complexity index is 676. The zero-order valence-electron chi connectivity index (χ0n) is 10.6. The normalized spacial score (nSPS) is 10.6. The number of anilines is 1. The molecule has 1 heterocycles. The lowest BCUT2D eigenvalue weighted by molar-refractivity contribution is 0.414. The van der Waals surface area contributed by atoms with Gasteiger partial charge in [-0.05, 0) is 41.4 Å². The highest BCUT2D eigenvalue weighted by Crippen LogP contribution is 2.27. The van der Waals surface area contributed by atoms with Crippen molar-refractivity contribution in [2.24, 2.45) is 0 Å². The number of fused-ring (bicyclic) bond motifs is 1. The van der Waals surface area contributed by atoms with Crippen molar-refractivity contribution >= 4 is 27.4 Å². The summed E-state index contributed by atoms with van der Waals surface area (Å²) in [6.45, 7) is 0.788. The van der Waals surface area contributed by atoms with Crippen LogP contribution in [-0.2, 0) is 6.54 Å². The molecule has 0 unspecified atom stereocenters. The minimum Gasteiger partial charge on any atom is -0.497 e. The maximum absolute atomic E-state index is 5.15. The first-order valence-electron chi connectivity index (χ1n) is 6.08. The fraction of sp³-hybridized carbons (Fsp3) is 0.133. The van der Waals surface area contributed by atoms with Gasteiger partial charge in [-0.3, -0.25) is 0 Å². The van der Waals surface area contributed by atoms with Gasteiger partial charge in [0.15, 0.2) is 0 Å². The number of methoxy groups -OCH3 is 1. The van der Waals surface area contributed by atoms with Gasteiger partial charge in [-0.2, -0.15) is 4.37 Å². The number of aromatic nitrogens is 1. The van der Waals surface area contributed by atoms with E-state index in [9.17, 15) is 0 Å². The SMILES string of the molecule is COc1ccc(CNc2snc3ccccc23)cc1. The zero-order chi connectivity index (χ0) is 13.1. The van der Waals surface area contributed by atoms with Crippen LogP contribution in [0.1, 0.15) is 5.56 Å². The first-order valence-corrected chi connectivity index (χ1v) is 6.85. The molecular formula is C15H14N2OS. The Hall–Kier alpha value is -2.07. The molecule has 1 aromatic heterocycles. The second-order valence-corrected chi connectivity index (χ2v) is 5.00. The Labute approximate surface area is 116 Å². The van der Waals surface area contributed by atoms with E-state index in [1.54, 1.807) is 7.11 Å². The minimum absolute atomic E-state index is 0.788. The van der Waals surface area contributed by atoms with Crippen LogP contribution < -0.4 is 10.1 Å². The fourth-order valence-electron chi connectivity index (χ4n) is 1.94. The lowest BCUT2D eigenvalue weighted by Crippen LogP contribution is -1.97. The summed E-state index contributed by atoms with van der Waals surface area (Å²) in [5.41, 5.74) is 2.27. The van der Waals surface area contributed by atoms with E-state index < -0.39 is 0 Å². The molecule has 4 heteroatoms. The van der Waals surface area contributed by atoms with Crippen molar-refractivity contribution in [2.45, 2.75) is 6.54 Å². The third-order valence-corrected chi connectivity index (χ3v) is 3.83. The average Bonchev–Trinajstić information content (AvgIpc) is 2.89. The van der Waals surface area contributed by atoms with Crippen LogP contribution in [0.2, 0.25) is 0 Å². The van der Waals surface area contributed by atoms with Gasteiger partial charge >= 0.3 is 0 Å². The van der Waals surface area contributed by atoms with E-state index in [2.05, 4.69) is 27.9 Å². The standard InChI is InChI=1S/C15H14N2OS/c1-18-12-8-6-11(7-9-12)10-16-15-13-4-2-3-5-14(13)17-19-15/h2-9,16H,10H2,1H3. The molecule has 0 aliphatic heterocycles. The van der Waals surface area contributed by atoms with Crippen molar-refractivity contribution in [3.05, 3.63) is 54.1 Å². The molecule has 0 aliphatic carbocycles. The molecule has 96 valence electrons. The van der Waals surface area contributed by atoms with Crippen LogP contribution in [0.4, 0.5) is 5.00 Å². The van der Waals surface area contributed by atoms with Crippen molar-refractivity contribution in [1.82, 2.24) is 4.37 Å². The predicted molar refractivity (Wildman–Crippen MR) is 79.9 cm³/mol. The van der Waals surface area contributed by atoms with E-state index in [0.717, 1.165) is 22.8 Å². The summed E-state index contributed by atoms with van der Waals surface area (Å²) < 4.78 is 9.57. The van der Waals surface area contributed by atoms with Crippen molar-refractivity contribution < 1.29 is 4.74 Å². The highest BCUT2D eigenvalue weighted by Gasteiger charge is 2.04. The minimum atomic E-state index is 0.788. The summed E-state index contributed by atoms with van der Waals surface area (Å²) in [4.78, 5) is 0. The molecule has 19 heavy (non-hydrogen) atoms. The average molecular weight is 270 g/mol. The summed E-state index contributed by atoms with van der Waals surface area (Å²) in [7, 11) is 1.68. The number of nitrogens with zero attached hydrogens (tertiary/aromatic N) is 1. The van der Waals surface area contributed by atoms with Gasteiger partial charge in [-0.25, -0.2) is 0 Å². The smallest absolute Gasteiger partial charge is 0.118 e. The largest absolute Gasteiger partial charge is 0.497 e. The number of nitrogens with one attached hydrogen (secondary N) is 1. The molecule has 3 aromatic rings. The van der Waals surface area contributed by atoms with Crippen LogP contribution in [0, 0.1) is 0 Å². The van der Waals surface area contributed by atoms with E-state index in [-0.39, 0.29) is 0 Å². The van der Waals surface area contributed by atoms with Crippen LogP contribution in [0.5, 0.6) is 5.75 Å². The molecule has 0 bridgehead atoms. The van der Waals surface area contributed by atoms with Crippen LogP contribution in [0.25, 0.3) is 10.9 Å². The molecule has 0 radical (unpaired) electrons. The van der Waals surface area contributed by atoms with Crippen molar-refractivity contribution in [2.75, 3.05) is 12.4 Å². The van der Waals surface area contributed by atoms with Gasteiger partial charge in [0.1, 0.15) is 10.8 Å². The number of ether oxygens (including phenoxy) is 1. The molecule has 0 fully saturated rings.